The van der Waals surface area contributed by atoms with Gasteiger partial charge in [-0.1, -0.05) is 36.2 Å². The molecule has 0 aliphatic rings. The zero-order valence-electron chi connectivity index (χ0n) is 12.2. The van der Waals surface area contributed by atoms with E-state index in [4.69, 9.17) is 23.2 Å². The number of benzene rings is 1. The Balaban J connectivity index is 2.12. The Hall–Kier alpha value is -1.09. The summed E-state index contributed by atoms with van der Waals surface area (Å²) in [5.41, 5.74) is 2.31. The standard InChI is InChI=1S/C17H20Cl2N2/c1-2-9-21-17(8-5-13-4-3-10-20-12-13)15-11-14(18)6-7-16(15)19/h3-4,6-7,10-12,17,21H,2,5,8-9H2,1H3. The van der Waals surface area contributed by atoms with Gasteiger partial charge in [-0.05, 0) is 61.2 Å². The molecule has 0 bridgehead atoms. The van der Waals surface area contributed by atoms with Crippen molar-refractivity contribution in [2.45, 2.75) is 32.2 Å². The molecule has 1 atom stereocenters. The van der Waals surface area contributed by atoms with Crippen molar-refractivity contribution in [2.24, 2.45) is 0 Å². The number of nitrogens with zero attached hydrogens (tertiary/aromatic N) is 1. The Kier molecular flexibility index (Phi) is 6.50. The largest absolute Gasteiger partial charge is 0.310 e. The van der Waals surface area contributed by atoms with Gasteiger partial charge in [-0.3, -0.25) is 4.98 Å². The fraction of sp³-hybridized carbons (Fsp3) is 0.353. The van der Waals surface area contributed by atoms with Crippen molar-refractivity contribution in [3.63, 3.8) is 0 Å². The maximum absolute atomic E-state index is 6.34. The van der Waals surface area contributed by atoms with Gasteiger partial charge in [0, 0.05) is 28.5 Å². The highest BCUT2D eigenvalue weighted by Crippen LogP contribution is 2.29. The molecule has 0 fully saturated rings. The molecule has 4 heteroatoms. The molecular formula is C17H20Cl2N2. The summed E-state index contributed by atoms with van der Waals surface area (Å²) < 4.78 is 0. The van der Waals surface area contributed by atoms with Crippen molar-refractivity contribution in [3.8, 4) is 0 Å². The van der Waals surface area contributed by atoms with Crippen LogP contribution in [0.1, 0.15) is 36.9 Å². The minimum atomic E-state index is 0.205. The third kappa shape index (κ3) is 4.99. The predicted octanol–water partition coefficient (Wildman–Crippen LogP) is 5.06. The van der Waals surface area contributed by atoms with Gasteiger partial charge in [0.05, 0.1) is 0 Å². The lowest BCUT2D eigenvalue weighted by molar-refractivity contribution is 0.499. The van der Waals surface area contributed by atoms with E-state index in [0.29, 0.717) is 0 Å². The molecule has 2 nitrogen and oxygen atoms in total. The van der Waals surface area contributed by atoms with Crippen LogP contribution in [-0.4, -0.2) is 11.5 Å². The highest BCUT2D eigenvalue weighted by atomic mass is 35.5. The second-order valence-electron chi connectivity index (χ2n) is 5.07. The van der Waals surface area contributed by atoms with Crippen LogP contribution in [0.2, 0.25) is 10.0 Å². The smallest absolute Gasteiger partial charge is 0.0454 e. The monoisotopic (exact) mass is 322 g/mol. The third-order valence-electron chi connectivity index (χ3n) is 3.42. The molecule has 2 rings (SSSR count). The second-order valence-corrected chi connectivity index (χ2v) is 5.92. The summed E-state index contributed by atoms with van der Waals surface area (Å²) in [5.74, 6) is 0. The molecule has 1 N–H and O–H groups in total. The Morgan fingerprint density at radius 2 is 2.10 bits per heavy atom. The zero-order valence-corrected chi connectivity index (χ0v) is 13.7. The van der Waals surface area contributed by atoms with Gasteiger partial charge in [-0.15, -0.1) is 0 Å². The molecular weight excluding hydrogens is 303 g/mol. The lowest BCUT2D eigenvalue weighted by Gasteiger charge is -2.20. The van der Waals surface area contributed by atoms with Crippen LogP contribution in [0.15, 0.2) is 42.7 Å². The Labute approximate surface area is 136 Å². The summed E-state index contributed by atoms with van der Waals surface area (Å²) in [6.07, 6.45) is 6.71. The maximum Gasteiger partial charge on any atom is 0.0454 e. The highest BCUT2D eigenvalue weighted by Gasteiger charge is 2.14. The van der Waals surface area contributed by atoms with Crippen LogP contribution in [0.4, 0.5) is 0 Å². The minimum Gasteiger partial charge on any atom is -0.310 e. The van der Waals surface area contributed by atoms with Crippen molar-refractivity contribution in [1.82, 2.24) is 10.3 Å². The van der Waals surface area contributed by atoms with Crippen LogP contribution in [0.5, 0.6) is 0 Å². The van der Waals surface area contributed by atoms with E-state index < -0.39 is 0 Å². The van der Waals surface area contributed by atoms with Crippen LogP contribution >= 0.6 is 23.2 Å². The first kappa shape index (κ1) is 16.3. The number of rotatable bonds is 7. The molecule has 0 saturated carbocycles. The summed E-state index contributed by atoms with van der Waals surface area (Å²) in [7, 11) is 0. The summed E-state index contributed by atoms with van der Waals surface area (Å²) in [6.45, 7) is 3.12. The van der Waals surface area contributed by atoms with Gasteiger partial charge in [0.1, 0.15) is 0 Å². The predicted molar refractivity (Wildman–Crippen MR) is 90.1 cm³/mol. The number of halogens is 2. The quantitative estimate of drug-likeness (QED) is 0.770. The first-order valence-electron chi connectivity index (χ1n) is 7.28. The normalized spacial score (nSPS) is 12.3. The van der Waals surface area contributed by atoms with Gasteiger partial charge in [-0.25, -0.2) is 0 Å². The van der Waals surface area contributed by atoms with E-state index in [0.717, 1.165) is 41.4 Å². The van der Waals surface area contributed by atoms with E-state index in [2.05, 4.69) is 23.3 Å². The molecule has 112 valence electrons. The molecule has 1 unspecified atom stereocenters. The number of aryl methyl sites for hydroxylation is 1. The topological polar surface area (TPSA) is 24.9 Å². The summed E-state index contributed by atoms with van der Waals surface area (Å²) in [6, 6.07) is 9.92. The van der Waals surface area contributed by atoms with E-state index in [-0.39, 0.29) is 6.04 Å². The molecule has 1 heterocycles. The van der Waals surface area contributed by atoms with E-state index >= 15 is 0 Å². The van der Waals surface area contributed by atoms with E-state index in [1.165, 1.54) is 5.56 Å². The molecule has 21 heavy (non-hydrogen) atoms. The molecule has 0 aliphatic carbocycles. The SMILES string of the molecule is CCCNC(CCc1cccnc1)c1cc(Cl)ccc1Cl. The molecule has 0 aliphatic heterocycles. The summed E-state index contributed by atoms with van der Waals surface area (Å²) in [4.78, 5) is 4.16. The Morgan fingerprint density at radius 3 is 2.81 bits per heavy atom. The lowest BCUT2D eigenvalue weighted by atomic mass is 9.99. The minimum absolute atomic E-state index is 0.205. The van der Waals surface area contributed by atoms with Crippen LogP contribution in [0.3, 0.4) is 0 Å². The Morgan fingerprint density at radius 1 is 1.24 bits per heavy atom. The average Bonchev–Trinajstić information content (AvgIpc) is 2.51. The van der Waals surface area contributed by atoms with Crippen molar-refractivity contribution >= 4 is 23.2 Å². The van der Waals surface area contributed by atoms with Crippen LogP contribution in [-0.2, 0) is 6.42 Å². The molecule has 2 aromatic rings. The molecule has 0 amide bonds. The van der Waals surface area contributed by atoms with Gasteiger partial charge >= 0.3 is 0 Å². The van der Waals surface area contributed by atoms with Gasteiger partial charge < -0.3 is 5.32 Å². The second kappa shape index (κ2) is 8.38. The number of hydrogen-bond donors (Lipinski definition) is 1. The fourth-order valence-corrected chi connectivity index (χ4v) is 2.75. The Bertz CT molecular complexity index is 558. The lowest BCUT2D eigenvalue weighted by Crippen LogP contribution is -2.23. The molecule has 1 aromatic heterocycles. The molecule has 0 saturated heterocycles. The molecule has 0 radical (unpaired) electrons. The van der Waals surface area contributed by atoms with Crippen molar-refractivity contribution < 1.29 is 0 Å². The average molecular weight is 323 g/mol. The number of nitrogens with one attached hydrogen (secondary N) is 1. The summed E-state index contributed by atoms with van der Waals surface area (Å²) in [5, 5.41) is 5.05. The van der Waals surface area contributed by atoms with E-state index in [1.54, 1.807) is 6.20 Å². The van der Waals surface area contributed by atoms with Crippen LogP contribution in [0.25, 0.3) is 0 Å². The van der Waals surface area contributed by atoms with Crippen molar-refractivity contribution in [2.75, 3.05) is 6.54 Å². The number of pyridine rings is 1. The highest BCUT2D eigenvalue weighted by molar-refractivity contribution is 6.33. The zero-order chi connectivity index (χ0) is 15.1. The number of aromatic nitrogens is 1. The molecule has 1 aromatic carbocycles. The summed E-state index contributed by atoms with van der Waals surface area (Å²) >= 11 is 12.5. The van der Waals surface area contributed by atoms with Crippen molar-refractivity contribution in [1.29, 1.82) is 0 Å². The number of hydrogen-bond acceptors (Lipinski definition) is 2. The van der Waals surface area contributed by atoms with Crippen molar-refractivity contribution in [3.05, 3.63) is 63.9 Å². The van der Waals surface area contributed by atoms with E-state index in [1.807, 2.05) is 30.5 Å². The third-order valence-corrected chi connectivity index (χ3v) is 4.00. The molecule has 0 spiro atoms. The van der Waals surface area contributed by atoms with Gasteiger partial charge in [0.15, 0.2) is 0 Å². The first-order chi connectivity index (χ1) is 10.2. The van der Waals surface area contributed by atoms with Gasteiger partial charge in [0.25, 0.3) is 0 Å². The van der Waals surface area contributed by atoms with Crippen LogP contribution in [0, 0.1) is 0 Å². The fourth-order valence-electron chi connectivity index (χ4n) is 2.32. The van der Waals surface area contributed by atoms with Crippen LogP contribution < -0.4 is 5.32 Å². The van der Waals surface area contributed by atoms with E-state index in [9.17, 15) is 0 Å². The van der Waals surface area contributed by atoms with Gasteiger partial charge in [0.2, 0.25) is 0 Å². The van der Waals surface area contributed by atoms with Gasteiger partial charge in [-0.2, -0.15) is 0 Å². The first-order valence-corrected chi connectivity index (χ1v) is 8.03. The maximum atomic E-state index is 6.34.